The fourth-order valence-corrected chi connectivity index (χ4v) is 3.01. The average molecular weight is 480 g/mol. The maximum Gasteiger partial charge on any atom is 0.416 e. The lowest BCUT2D eigenvalue weighted by atomic mass is 10.1. The summed E-state index contributed by atoms with van der Waals surface area (Å²) >= 11 is 0. The van der Waals surface area contributed by atoms with Gasteiger partial charge in [-0.15, -0.1) is 0 Å². The third kappa shape index (κ3) is 8.28. The molecule has 1 heterocycles. The molecule has 1 aromatic carbocycles. The summed E-state index contributed by atoms with van der Waals surface area (Å²) in [5.41, 5.74) is -1.55. The number of Topliss-reactive ketones (excluding diaryl/α,β-unsaturated/α-hetero) is 1. The van der Waals surface area contributed by atoms with Crippen molar-refractivity contribution in [3.8, 4) is 11.3 Å². The fraction of sp³-hybridized carbons (Fsp3) is 0.476. The molecule has 0 spiro atoms. The van der Waals surface area contributed by atoms with Crippen molar-refractivity contribution in [1.82, 2.24) is 9.55 Å². The lowest BCUT2D eigenvalue weighted by molar-refractivity contribution is -0.137. The van der Waals surface area contributed by atoms with E-state index in [1.807, 2.05) is 0 Å². The number of aryl methyl sites for hydroxylation is 1. The molecule has 0 amide bonds. The van der Waals surface area contributed by atoms with Crippen molar-refractivity contribution in [2.24, 2.45) is 0 Å². The molecule has 0 radical (unpaired) electrons. The van der Waals surface area contributed by atoms with Gasteiger partial charge in [-0.2, -0.15) is 26.3 Å². The highest BCUT2D eigenvalue weighted by Crippen LogP contribution is 2.30. The van der Waals surface area contributed by atoms with Crippen molar-refractivity contribution in [3.63, 3.8) is 0 Å². The minimum absolute atomic E-state index is 0.0323. The number of hydrogen-bond donors (Lipinski definition) is 2. The quantitative estimate of drug-likeness (QED) is 0.508. The van der Waals surface area contributed by atoms with E-state index in [4.69, 9.17) is 5.11 Å². The van der Waals surface area contributed by atoms with E-state index in [1.165, 1.54) is 0 Å². The smallest absolute Gasteiger partial charge is 0.394 e. The van der Waals surface area contributed by atoms with Gasteiger partial charge in [-0.1, -0.05) is 12.1 Å². The third-order valence-corrected chi connectivity index (χ3v) is 4.76. The van der Waals surface area contributed by atoms with Crippen LogP contribution in [0.5, 0.6) is 0 Å². The Morgan fingerprint density at radius 3 is 2.27 bits per heavy atom. The summed E-state index contributed by atoms with van der Waals surface area (Å²) in [6.07, 6.45) is -12.2. The number of aromatic nitrogens is 2. The van der Waals surface area contributed by atoms with Crippen molar-refractivity contribution in [1.29, 1.82) is 0 Å². The Morgan fingerprint density at radius 2 is 1.73 bits per heavy atom. The molecule has 0 saturated heterocycles. The summed E-state index contributed by atoms with van der Waals surface area (Å²) in [5, 5.41) is 18.2. The Kier molecular flexibility index (Phi) is 8.78. The van der Waals surface area contributed by atoms with E-state index in [9.17, 15) is 41.0 Å². The summed E-state index contributed by atoms with van der Waals surface area (Å²) in [6.45, 7) is -1.06. The predicted octanol–water partition coefficient (Wildman–Crippen LogP) is 3.52. The van der Waals surface area contributed by atoms with Gasteiger partial charge in [0.2, 0.25) is 0 Å². The molecule has 0 aliphatic heterocycles. The number of alkyl halides is 6. The van der Waals surface area contributed by atoms with Gasteiger partial charge in [0.05, 0.1) is 30.5 Å². The van der Waals surface area contributed by atoms with E-state index in [0.717, 1.165) is 34.9 Å². The second kappa shape index (κ2) is 10.9. The first-order valence-electron chi connectivity index (χ1n) is 9.96. The van der Waals surface area contributed by atoms with Crippen LogP contribution in [0.25, 0.3) is 11.3 Å². The van der Waals surface area contributed by atoms with Gasteiger partial charge in [0.15, 0.2) is 5.78 Å². The average Bonchev–Trinajstić information content (AvgIpc) is 2.72. The number of hydrogen-bond acceptors (Lipinski definition) is 5. The molecule has 0 aliphatic rings. The van der Waals surface area contributed by atoms with Gasteiger partial charge in [-0.25, -0.2) is 4.98 Å². The van der Waals surface area contributed by atoms with Gasteiger partial charge in [0.1, 0.15) is 5.82 Å². The van der Waals surface area contributed by atoms with Gasteiger partial charge < -0.3 is 10.2 Å². The number of aliphatic hydroxyl groups excluding tert-OH is 2. The Morgan fingerprint density at radius 1 is 1.09 bits per heavy atom. The molecule has 1 atom stereocenters. The summed E-state index contributed by atoms with van der Waals surface area (Å²) in [5.74, 6) is -0.622. The Hall–Kier alpha value is -2.73. The molecule has 2 aromatic rings. The van der Waals surface area contributed by atoms with Crippen LogP contribution in [0.3, 0.4) is 0 Å². The lowest BCUT2D eigenvalue weighted by Gasteiger charge is -2.15. The SMILES string of the molecule is O=C(CCC(O)CO)Cn1c(CCCC(F)(F)F)nc(-c2ccc(C(F)(F)F)cc2)cc1=O. The highest BCUT2D eigenvalue weighted by molar-refractivity contribution is 5.78. The zero-order valence-electron chi connectivity index (χ0n) is 17.3. The minimum atomic E-state index is -4.57. The molecule has 12 heteroatoms. The largest absolute Gasteiger partial charge is 0.416 e. The number of carbonyl (C=O) groups excluding carboxylic acids is 1. The van der Waals surface area contributed by atoms with E-state index in [0.29, 0.717) is 0 Å². The summed E-state index contributed by atoms with van der Waals surface area (Å²) in [7, 11) is 0. The van der Waals surface area contributed by atoms with Crippen molar-refractivity contribution in [3.05, 3.63) is 52.1 Å². The van der Waals surface area contributed by atoms with Crippen LogP contribution in [0.2, 0.25) is 0 Å². The third-order valence-electron chi connectivity index (χ3n) is 4.76. The van der Waals surface area contributed by atoms with Crippen LogP contribution in [0.1, 0.15) is 37.1 Å². The van der Waals surface area contributed by atoms with Gasteiger partial charge in [-0.05, 0) is 25.0 Å². The number of halogens is 6. The second-order valence-electron chi connectivity index (χ2n) is 7.44. The van der Waals surface area contributed by atoms with Crippen LogP contribution in [-0.4, -0.2) is 44.4 Å². The summed E-state index contributed by atoms with van der Waals surface area (Å²) < 4.78 is 76.9. The number of rotatable bonds is 10. The van der Waals surface area contributed by atoms with Crippen molar-refractivity contribution < 1.29 is 41.4 Å². The Labute approximate surface area is 184 Å². The number of carbonyl (C=O) groups is 1. The molecule has 2 N–H and O–H groups in total. The van der Waals surface area contributed by atoms with Gasteiger partial charge in [-0.3, -0.25) is 14.2 Å². The minimum Gasteiger partial charge on any atom is -0.394 e. The topological polar surface area (TPSA) is 92.4 Å². The van der Waals surface area contributed by atoms with Crippen LogP contribution in [0.4, 0.5) is 26.3 Å². The molecular formula is C21H22F6N2O4. The first-order valence-corrected chi connectivity index (χ1v) is 9.96. The Balaban J connectivity index is 2.34. The predicted molar refractivity (Wildman–Crippen MR) is 105 cm³/mol. The monoisotopic (exact) mass is 480 g/mol. The first-order chi connectivity index (χ1) is 15.3. The van der Waals surface area contributed by atoms with Gasteiger partial charge >= 0.3 is 12.4 Å². The molecule has 1 aromatic heterocycles. The van der Waals surface area contributed by atoms with Crippen LogP contribution >= 0.6 is 0 Å². The van der Waals surface area contributed by atoms with E-state index < -0.39 is 61.4 Å². The maximum atomic E-state index is 12.8. The molecule has 0 fully saturated rings. The fourth-order valence-electron chi connectivity index (χ4n) is 3.01. The zero-order chi connectivity index (χ0) is 24.8. The molecule has 0 bridgehead atoms. The highest BCUT2D eigenvalue weighted by atomic mass is 19.4. The van der Waals surface area contributed by atoms with E-state index in [-0.39, 0.29) is 36.3 Å². The number of ketones is 1. The number of nitrogens with zero attached hydrogens (tertiary/aromatic N) is 2. The molecule has 182 valence electrons. The molecular weight excluding hydrogens is 458 g/mol. The summed E-state index contributed by atoms with van der Waals surface area (Å²) in [4.78, 5) is 29.0. The molecule has 0 saturated carbocycles. The lowest BCUT2D eigenvalue weighted by Crippen LogP contribution is -2.29. The van der Waals surface area contributed by atoms with Gasteiger partial charge in [0, 0.05) is 30.9 Å². The highest BCUT2D eigenvalue weighted by Gasteiger charge is 2.30. The Bertz CT molecular complexity index is 1000. The van der Waals surface area contributed by atoms with Crippen molar-refractivity contribution in [2.45, 2.75) is 57.1 Å². The van der Waals surface area contributed by atoms with E-state index >= 15 is 0 Å². The maximum absolute atomic E-state index is 12.8. The van der Waals surface area contributed by atoms with Crippen LogP contribution in [0, 0.1) is 0 Å². The van der Waals surface area contributed by atoms with Crippen LogP contribution in [-0.2, 0) is 23.9 Å². The zero-order valence-corrected chi connectivity index (χ0v) is 17.3. The summed E-state index contributed by atoms with van der Waals surface area (Å²) in [6, 6.07) is 4.77. The molecule has 2 rings (SSSR count). The van der Waals surface area contributed by atoms with Crippen molar-refractivity contribution >= 4 is 5.78 Å². The molecule has 6 nitrogen and oxygen atoms in total. The van der Waals surface area contributed by atoms with Crippen molar-refractivity contribution in [2.75, 3.05) is 6.61 Å². The first kappa shape index (κ1) is 26.5. The second-order valence-corrected chi connectivity index (χ2v) is 7.44. The number of aliphatic hydroxyl groups is 2. The molecule has 1 unspecified atom stereocenters. The van der Waals surface area contributed by atoms with Gasteiger partial charge in [0.25, 0.3) is 5.56 Å². The molecule has 0 aliphatic carbocycles. The van der Waals surface area contributed by atoms with Crippen LogP contribution < -0.4 is 5.56 Å². The standard InChI is InChI=1S/C21H22F6N2O4/c22-20(23,24)9-1-2-18-28-17(13-3-5-14(6-4-13)21(25,26)27)10-19(33)29(18)11-15(31)7-8-16(32)12-30/h3-6,10,16,30,32H,1-2,7-9,11-12H2. The number of benzene rings is 1. The van der Waals surface area contributed by atoms with Crippen LogP contribution in [0.15, 0.2) is 35.1 Å². The normalized spacial score (nSPS) is 13.2. The van der Waals surface area contributed by atoms with E-state index in [2.05, 4.69) is 4.98 Å². The van der Waals surface area contributed by atoms with E-state index in [1.54, 1.807) is 0 Å². The molecule has 33 heavy (non-hydrogen) atoms.